The molecule has 4 heteroatoms. The van der Waals surface area contributed by atoms with E-state index in [1.807, 2.05) is 0 Å². The van der Waals surface area contributed by atoms with Crippen molar-refractivity contribution in [2.45, 2.75) is 52.7 Å². The van der Waals surface area contributed by atoms with Gasteiger partial charge in [0.25, 0.3) is 0 Å². The van der Waals surface area contributed by atoms with E-state index in [4.69, 9.17) is 22.1 Å². The van der Waals surface area contributed by atoms with Crippen molar-refractivity contribution >= 4 is 17.4 Å². The lowest BCUT2D eigenvalue weighted by atomic mass is 9.75. The van der Waals surface area contributed by atoms with Crippen molar-refractivity contribution in [2.75, 3.05) is 5.73 Å². The summed E-state index contributed by atoms with van der Waals surface area (Å²) in [5.74, 6) is 2.51. The van der Waals surface area contributed by atoms with Crippen LogP contribution in [-0.2, 0) is 11.3 Å². The molecule has 3 unspecified atom stereocenters. The lowest BCUT2D eigenvalue weighted by molar-refractivity contribution is -0.0482. The summed E-state index contributed by atoms with van der Waals surface area (Å²) in [6, 6.07) is 3.50. The summed E-state index contributed by atoms with van der Waals surface area (Å²) in [7, 11) is 0. The maximum Gasteiger partial charge on any atom is 0.123 e. The summed E-state index contributed by atoms with van der Waals surface area (Å²) in [4.78, 5) is 4.27. The number of halogens is 1. The minimum absolute atomic E-state index is 0.304. The van der Waals surface area contributed by atoms with Crippen LogP contribution in [0, 0.1) is 17.8 Å². The molecule has 3 atom stereocenters. The third-order valence-electron chi connectivity index (χ3n) is 4.34. The van der Waals surface area contributed by atoms with Crippen molar-refractivity contribution in [1.29, 1.82) is 0 Å². The van der Waals surface area contributed by atoms with Crippen molar-refractivity contribution in [3.63, 3.8) is 0 Å². The van der Waals surface area contributed by atoms with E-state index >= 15 is 0 Å². The molecule has 0 spiro atoms. The molecule has 1 aromatic rings. The van der Waals surface area contributed by atoms with Crippen LogP contribution >= 0.6 is 11.6 Å². The van der Waals surface area contributed by atoms with Crippen molar-refractivity contribution < 1.29 is 4.74 Å². The van der Waals surface area contributed by atoms with E-state index in [-0.39, 0.29) is 0 Å². The smallest absolute Gasteiger partial charge is 0.123 e. The van der Waals surface area contributed by atoms with E-state index in [0.717, 1.165) is 18.0 Å². The molecule has 0 saturated heterocycles. The molecule has 2 N–H and O–H groups in total. The van der Waals surface area contributed by atoms with Gasteiger partial charge in [0, 0.05) is 0 Å². The molecule has 1 heterocycles. The minimum Gasteiger partial charge on any atom is -0.384 e. The van der Waals surface area contributed by atoms with Crippen LogP contribution in [0.5, 0.6) is 0 Å². The summed E-state index contributed by atoms with van der Waals surface area (Å²) < 4.78 is 6.15. The number of pyridine rings is 1. The van der Waals surface area contributed by atoms with Crippen molar-refractivity contribution in [3.8, 4) is 0 Å². The third-order valence-corrected chi connectivity index (χ3v) is 4.68. The van der Waals surface area contributed by atoms with Crippen LogP contribution in [0.25, 0.3) is 0 Å². The van der Waals surface area contributed by atoms with Gasteiger partial charge in [-0.05, 0) is 42.7 Å². The summed E-state index contributed by atoms with van der Waals surface area (Å²) in [6.45, 7) is 7.31. The second-order valence-electron chi connectivity index (χ2n) is 6.34. The number of nitrogen functional groups attached to an aromatic ring is 1. The van der Waals surface area contributed by atoms with E-state index in [0.29, 0.717) is 35.4 Å². The molecule has 2 rings (SSSR count). The van der Waals surface area contributed by atoms with E-state index in [1.165, 1.54) is 12.8 Å². The molecule has 0 amide bonds. The summed E-state index contributed by atoms with van der Waals surface area (Å²) in [6.07, 6.45) is 3.99. The highest BCUT2D eigenvalue weighted by Crippen LogP contribution is 2.35. The third kappa shape index (κ3) is 3.86. The molecular formula is C16H25ClN2O. The highest BCUT2D eigenvalue weighted by Gasteiger charge is 2.31. The van der Waals surface area contributed by atoms with Crippen LogP contribution in [0.2, 0.25) is 5.02 Å². The van der Waals surface area contributed by atoms with Gasteiger partial charge in [-0.2, -0.15) is 0 Å². The standard InChI is InChI=1S/C16H25ClN2O/c1-10(2)12-5-4-11(3)8-15(12)20-9-14-13(17)6-7-16(18)19-14/h6-7,10-12,15H,4-5,8-9H2,1-3H3,(H2,18,19). The number of hydrogen-bond donors (Lipinski definition) is 1. The average Bonchev–Trinajstić information content (AvgIpc) is 2.39. The van der Waals surface area contributed by atoms with Gasteiger partial charge in [-0.3, -0.25) is 0 Å². The van der Waals surface area contributed by atoms with Gasteiger partial charge >= 0.3 is 0 Å². The summed E-state index contributed by atoms with van der Waals surface area (Å²) in [5, 5.41) is 0.629. The largest absolute Gasteiger partial charge is 0.384 e. The van der Waals surface area contributed by atoms with Crippen LogP contribution in [0.1, 0.15) is 45.7 Å². The summed E-state index contributed by atoms with van der Waals surface area (Å²) >= 11 is 6.14. The zero-order chi connectivity index (χ0) is 14.7. The second-order valence-corrected chi connectivity index (χ2v) is 6.75. The Morgan fingerprint density at radius 3 is 2.85 bits per heavy atom. The fourth-order valence-corrected chi connectivity index (χ4v) is 3.25. The lowest BCUT2D eigenvalue weighted by Crippen LogP contribution is -2.34. The van der Waals surface area contributed by atoms with Gasteiger partial charge in [-0.15, -0.1) is 0 Å². The maximum atomic E-state index is 6.15. The average molecular weight is 297 g/mol. The number of nitrogens with two attached hydrogens (primary N) is 1. The maximum absolute atomic E-state index is 6.15. The van der Waals surface area contributed by atoms with Gasteiger partial charge in [0.1, 0.15) is 5.82 Å². The molecular weight excluding hydrogens is 272 g/mol. The first-order chi connectivity index (χ1) is 9.47. The first-order valence-corrected chi connectivity index (χ1v) is 7.87. The zero-order valence-electron chi connectivity index (χ0n) is 12.6. The molecule has 1 aliphatic rings. The predicted octanol–water partition coefficient (Wildman–Crippen LogP) is 4.29. The number of aromatic nitrogens is 1. The molecule has 0 bridgehead atoms. The van der Waals surface area contributed by atoms with Crippen LogP contribution in [0.4, 0.5) is 5.82 Å². The topological polar surface area (TPSA) is 48.1 Å². The Kier molecular flexibility index (Phi) is 5.28. The number of rotatable bonds is 4. The molecule has 112 valence electrons. The highest BCUT2D eigenvalue weighted by atomic mass is 35.5. The highest BCUT2D eigenvalue weighted by molar-refractivity contribution is 6.31. The molecule has 0 radical (unpaired) electrons. The molecule has 3 nitrogen and oxygen atoms in total. The fourth-order valence-electron chi connectivity index (χ4n) is 3.09. The molecule has 1 aliphatic carbocycles. The second kappa shape index (κ2) is 6.77. The van der Waals surface area contributed by atoms with E-state index < -0.39 is 0 Å². The van der Waals surface area contributed by atoms with Crippen LogP contribution in [-0.4, -0.2) is 11.1 Å². The number of ether oxygens (including phenoxy) is 1. The van der Waals surface area contributed by atoms with Crippen LogP contribution in [0.3, 0.4) is 0 Å². The Hall–Kier alpha value is -0.800. The van der Waals surface area contributed by atoms with Crippen molar-refractivity contribution in [1.82, 2.24) is 4.98 Å². The Labute approximate surface area is 126 Å². The van der Waals surface area contributed by atoms with Gasteiger partial charge in [0.05, 0.1) is 23.4 Å². The van der Waals surface area contributed by atoms with Gasteiger partial charge < -0.3 is 10.5 Å². The Morgan fingerprint density at radius 2 is 2.15 bits per heavy atom. The number of anilines is 1. The first kappa shape index (κ1) is 15.6. The Bertz CT molecular complexity index is 450. The van der Waals surface area contributed by atoms with E-state index in [2.05, 4.69) is 25.8 Å². The van der Waals surface area contributed by atoms with Crippen molar-refractivity contribution in [2.24, 2.45) is 17.8 Å². The predicted molar refractivity (Wildman–Crippen MR) is 83.6 cm³/mol. The molecule has 1 fully saturated rings. The van der Waals surface area contributed by atoms with Crippen molar-refractivity contribution in [3.05, 3.63) is 22.8 Å². The van der Waals surface area contributed by atoms with Gasteiger partial charge in [0.2, 0.25) is 0 Å². The van der Waals surface area contributed by atoms with E-state index in [9.17, 15) is 0 Å². The molecule has 0 aromatic carbocycles. The molecule has 1 aromatic heterocycles. The fraction of sp³-hybridized carbons (Fsp3) is 0.688. The van der Waals surface area contributed by atoms with Gasteiger partial charge in [0.15, 0.2) is 0 Å². The van der Waals surface area contributed by atoms with Crippen LogP contribution < -0.4 is 5.73 Å². The van der Waals surface area contributed by atoms with Gasteiger partial charge in [-0.1, -0.05) is 38.8 Å². The lowest BCUT2D eigenvalue weighted by Gasteiger charge is -2.37. The molecule has 20 heavy (non-hydrogen) atoms. The minimum atomic E-state index is 0.304. The van der Waals surface area contributed by atoms with E-state index in [1.54, 1.807) is 12.1 Å². The monoisotopic (exact) mass is 296 g/mol. The SMILES string of the molecule is CC1CCC(C(C)C)C(OCc2nc(N)ccc2Cl)C1. The number of hydrogen-bond acceptors (Lipinski definition) is 3. The zero-order valence-corrected chi connectivity index (χ0v) is 13.4. The Balaban J connectivity index is 2.01. The van der Waals surface area contributed by atoms with Gasteiger partial charge in [-0.25, -0.2) is 4.98 Å². The Morgan fingerprint density at radius 1 is 1.40 bits per heavy atom. The van der Waals surface area contributed by atoms with Crippen LogP contribution in [0.15, 0.2) is 12.1 Å². The normalized spacial score (nSPS) is 26.9. The quantitative estimate of drug-likeness (QED) is 0.901. The molecule has 0 aliphatic heterocycles. The molecule has 1 saturated carbocycles. The number of nitrogens with zero attached hydrogens (tertiary/aromatic N) is 1. The summed E-state index contributed by atoms with van der Waals surface area (Å²) in [5.41, 5.74) is 6.45. The first-order valence-electron chi connectivity index (χ1n) is 7.50.